The summed E-state index contributed by atoms with van der Waals surface area (Å²) >= 11 is 3.73. The van der Waals surface area contributed by atoms with Crippen LogP contribution < -0.4 is 41.5 Å². The molecule has 0 unspecified atom stereocenters. The third-order valence-corrected chi connectivity index (χ3v) is 33.3. The van der Waals surface area contributed by atoms with Gasteiger partial charge in [-0.15, -0.1) is 22.7 Å². The molecule has 0 fully saturated rings. The Hall–Kier alpha value is -12.8. The normalized spacial score (nSPS) is 11.3. The second-order valence-electron chi connectivity index (χ2n) is 28.3. The highest BCUT2D eigenvalue weighted by Crippen LogP contribution is 2.42. The van der Waals surface area contributed by atoms with E-state index >= 15 is 0 Å². The molecule has 540 valence electrons. The highest BCUT2D eigenvalue weighted by molar-refractivity contribution is 7.27. The molecule has 0 amide bonds. The lowest BCUT2D eigenvalue weighted by molar-refractivity contribution is 0.666. The van der Waals surface area contributed by atoms with E-state index in [1.807, 2.05) is 78.5 Å². The van der Waals surface area contributed by atoms with Gasteiger partial charge in [-0.25, -0.2) is 0 Å². The average Bonchev–Trinajstić information content (AvgIpc) is 0.891. The van der Waals surface area contributed by atoms with Gasteiger partial charge < -0.3 is 4.42 Å². The monoisotopic (exact) mass is 1510 g/mol. The predicted molar refractivity (Wildman–Crippen MR) is 486 cm³/mol. The minimum atomic E-state index is -2.33. The third-order valence-electron chi connectivity index (χ3n) is 21.1. The van der Waals surface area contributed by atoms with Gasteiger partial charge in [-0.05, 0) is 130 Å². The lowest BCUT2D eigenvalue weighted by Crippen LogP contribution is -2.74. The molecule has 0 saturated carbocycles. The zero-order valence-corrected chi connectivity index (χ0v) is 67.0. The molecule has 14 aromatic carbocycles. The minimum absolute atomic E-state index is 0.913. The van der Waals surface area contributed by atoms with Crippen molar-refractivity contribution in [3.05, 3.63) is 441 Å². The van der Waals surface area contributed by atoms with Gasteiger partial charge in [0.1, 0.15) is 11.2 Å². The van der Waals surface area contributed by atoms with E-state index in [1.54, 1.807) is 0 Å². The molecule has 6 aromatic heterocycles. The summed E-state index contributed by atoms with van der Waals surface area (Å²) < 4.78 is 11.5. The van der Waals surface area contributed by atoms with Crippen molar-refractivity contribution in [2.75, 3.05) is 0 Å². The van der Waals surface area contributed by atoms with Gasteiger partial charge in [0.25, 0.3) is 0 Å². The molecule has 0 aliphatic carbocycles. The summed E-state index contributed by atoms with van der Waals surface area (Å²) in [5, 5.41) is 19.0. The zero-order chi connectivity index (χ0) is 76.2. The highest BCUT2D eigenvalue weighted by atomic mass is 32.1. The van der Waals surface area contributed by atoms with Crippen LogP contribution in [0.2, 0.25) is 0 Å². The molecular weight excluding hydrogens is 1430 g/mol. The third kappa shape index (κ3) is 14.8. The Morgan fingerprint density at radius 2 is 0.643 bits per heavy atom. The van der Waals surface area contributed by atoms with Crippen LogP contribution in [0.5, 0.6) is 0 Å². The first-order valence-electron chi connectivity index (χ1n) is 38.1. The molecular formula is C104H83N3OS2Si2. The SMILES string of the molecule is Cc1ccc(-c2cccc3c2sc2ccccc23)cn1.Cc1ccc([Si](c2ccccc2)(c2ccccc2)c2ccccc2)cc1.Cc1cccc([Si](c2ccccc2)(c2ccccc2)c2ccccc2)c1.Cc1cccc2c1oc1c(-c3ccccn3)cccc12.Cc1cccc2c1sc1c(-c3ccccn3)cccc12. The largest absolute Gasteiger partial charge is 0.455 e. The van der Waals surface area contributed by atoms with E-state index in [2.05, 4.69) is 407 Å². The van der Waals surface area contributed by atoms with Gasteiger partial charge in [0, 0.05) is 97.7 Å². The average molecular weight is 1510 g/mol. The predicted octanol–water partition coefficient (Wildman–Crippen LogP) is 22.6. The number of aromatic nitrogens is 3. The first-order valence-corrected chi connectivity index (χ1v) is 43.7. The van der Waals surface area contributed by atoms with E-state index in [-0.39, 0.29) is 0 Å². The molecule has 0 N–H and O–H groups in total. The molecule has 0 spiro atoms. The van der Waals surface area contributed by atoms with Crippen LogP contribution in [0.4, 0.5) is 0 Å². The van der Waals surface area contributed by atoms with Gasteiger partial charge in [-0.3, -0.25) is 15.0 Å². The molecule has 6 heterocycles. The maximum absolute atomic E-state index is 6.13. The van der Waals surface area contributed by atoms with Crippen molar-refractivity contribution < 1.29 is 4.42 Å². The van der Waals surface area contributed by atoms with Crippen LogP contribution in [0.15, 0.2) is 417 Å². The van der Waals surface area contributed by atoms with Crippen molar-refractivity contribution in [1.82, 2.24) is 15.0 Å². The standard InChI is InChI=1S/2C25H22Si.C18H13NO.2C18H13NS/c1-21-12-11-19-25(20-21)26(22-13-5-2-6-14-22,23-15-7-3-8-16-23)24-17-9-4-10-18-24;1-21-17-19-25(20-18-21)26(22-11-5-2-6-12-22,23-13-7-3-8-14-23)24-15-9-4-10-16-24;2*1-12-6-4-7-13-14-8-5-9-15(18(14)20-17(12)13)16-10-2-3-11-19-16;1-12-9-10-13(11-19-12)14-6-4-7-16-15-5-2-3-8-17(15)20-18(14)16/h2*2-20H,1H3;3*2-11H,1H3. The summed E-state index contributed by atoms with van der Waals surface area (Å²) in [6, 6.07) is 141. The maximum Gasteiger partial charge on any atom is 0.179 e. The van der Waals surface area contributed by atoms with Crippen molar-refractivity contribution in [2.24, 2.45) is 0 Å². The summed E-state index contributed by atoms with van der Waals surface area (Å²) in [5.74, 6) is 0. The lowest BCUT2D eigenvalue weighted by Gasteiger charge is -2.34. The fraction of sp³-hybridized carbons (Fsp3) is 0.0481. The zero-order valence-electron chi connectivity index (χ0n) is 63.3. The quantitative estimate of drug-likeness (QED) is 0.0957. The smallest absolute Gasteiger partial charge is 0.179 e. The van der Waals surface area contributed by atoms with Crippen molar-refractivity contribution >= 4 is 143 Å². The molecule has 112 heavy (non-hydrogen) atoms. The number of hydrogen-bond donors (Lipinski definition) is 0. The van der Waals surface area contributed by atoms with E-state index in [0.717, 1.165) is 50.1 Å². The van der Waals surface area contributed by atoms with Crippen LogP contribution >= 0.6 is 22.7 Å². The minimum Gasteiger partial charge on any atom is -0.455 e. The number of nitrogens with zero attached hydrogens (tertiary/aromatic N) is 3. The Balaban J connectivity index is 0.000000106. The fourth-order valence-electron chi connectivity index (χ4n) is 15.8. The summed E-state index contributed by atoms with van der Waals surface area (Å²) in [6.07, 6.45) is 5.63. The van der Waals surface area contributed by atoms with Gasteiger partial charge in [0.2, 0.25) is 0 Å². The molecule has 8 heteroatoms. The second kappa shape index (κ2) is 33.6. The number of thiophene rings is 2. The van der Waals surface area contributed by atoms with Gasteiger partial charge in [-0.1, -0.05) is 363 Å². The fourth-order valence-corrected chi connectivity index (χ4v) is 27.9. The van der Waals surface area contributed by atoms with Gasteiger partial charge in [-0.2, -0.15) is 0 Å². The van der Waals surface area contributed by atoms with Crippen LogP contribution in [0, 0.1) is 34.6 Å². The number of pyridine rings is 3. The Bertz CT molecular complexity index is 6170. The number of rotatable bonds is 11. The summed E-state index contributed by atoms with van der Waals surface area (Å²) in [7, 11) is -4.65. The summed E-state index contributed by atoms with van der Waals surface area (Å²) in [6.45, 7) is 10.6. The van der Waals surface area contributed by atoms with Crippen molar-refractivity contribution in [3.8, 4) is 33.6 Å². The second-order valence-corrected chi connectivity index (χ2v) is 38.0. The summed E-state index contributed by atoms with van der Waals surface area (Å²) in [5.41, 5.74) is 14.7. The van der Waals surface area contributed by atoms with E-state index in [0.29, 0.717) is 0 Å². The lowest BCUT2D eigenvalue weighted by atomic mass is 10.0. The van der Waals surface area contributed by atoms with Crippen LogP contribution in [0.25, 0.3) is 95.9 Å². The Kier molecular flexibility index (Phi) is 22.0. The molecule has 0 atom stereocenters. The van der Waals surface area contributed by atoms with Crippen LogP contribution in [0.1, 0.15) is 27.9 Å². The Morgan fingerprint density at radius 3 is 1.15 bits per heavy atom. The highest BCUT2D eigenvalue weighted by Gasteiger charge is 2.42. The first kappa shape index (κ1) is 73.4. The number of furan rings is 1. The van der Waals surface area contributed by atoms with E-state index in [9.17, 15) is 0 Å². The topological polar surface area (TPSA) is 51.8 Å². The number of fused-ring (bicyclic) bond motifs is 9. The number of aryl methyl sites for hydroxylation is 5. The van der Waals surface area contributed by atoms with Crippen LogP contribution in [0.3, 0.4) is 0 Å². The number of para-hydroxylation sites is 2. The molecule has 20 rings (SSSR count). The molecule has 0 radical (unpaired) electrons. The number of hydrogen-bond acceptors (Lipinski definition) is 6. The Morgan fingerprint density at radius 1 is 0.250 bits per heavy atom. The Labute approximate surface area is 666 Å². The van der Waals surface area contributed by atoms with Crippen molar-refractivity contribution in [1.29, 1.82) is 0 Å². The first-order chi connectivity index (χ1) is 55.1. The molecule has 20 aromatic rings. The van der Waals surface area contributed by atoms with Gasteiger partial charge >= 0.3 is 0 Å². The van der Waals surface area contributed by atoms with Crippen molar-refractivity contribution in [2.45, 2.75) is 34.6 Å². The van der Waals surface area contributed by atoms with Crippen LogP contribution in [-0.4, -0.2) is 31.1 Å². The van der Waals surface area contributed by atoms with E-state index < -0.39 is 16.1 Å². The molecule has 0 bridgehead atoms. The van der Waals surface area contributed by atoms with Crippen LogP contribution in [-0.2, 0) is 0 Å². The van der Waals surface area contributed by atoms with E-state index in [1.165, 1.54) is 115 Å². The van der Waals surface area contributed by atoms with Gasteiger partial charge in [0.15, 0.2) is 16.1 Å². The molecule has 4 nitrogen and oxygen atoms in total. The molecule has 0 saturated heterocycles. The van der Waals surface area contributed by atoms with Crippen molar-refractivity contribution in [3.63, 3.8) is 0 Å². The molecule has 0 aliphatic heterocycles. The van der Waals surface area contributed by atoms with E-state index in [4.69, 9.17) is 4.42 Å². The summed E-state index contributed by atoms with van der Waals surface area (Å²) in [4.78, 5) is 13.4. The maximum atomic E-state index is 6.13. The number of benzene rings is 14. The molecule has 0 aliphatic rings. The van der Waals surface area contributed by atoms with Gasteiger partial charge in [0.05, 0.1) is 11.4 Å².